The summed E-state index contributed by atoms with van der Waals surface area (Å²) >= 11 is 0. The van der Waals surface area contributed by atoms with Gasteiger partial charge in [0.15, 0.2) is 5.78 Å². The third-order valence-corrected chi connectivity index (χ3v) is 3.32. The van der Waals surface area contributed by atoms with E-state index in [1.165, 1.54) is 0 Å². The first-order chi connectivity index (χ1) is 8.65. The lowest BCUT2D eigenvalue weighted by Gasteiger charge is -2.23. The molecule has 1 atom stereocenters. The lowest BCUT2D eigenvalue weighted by Crippen LogP contribution is -2.29. The van der Waals surface area contributed by atoms with E-state index in [1.54, 1.807) is 7.11 Å². The largest absolute Gasteiger partial charge is 0.493 e. The lowest BCUT2D eigenvalue weighted by atomic mass is 9.94. The van der Waals surface area contributed by atoms with Gasteiger partial charge in [0.05, 0.1) is 12.2 Å². The van der Waals surface area contributed by atoms with Gasteiger partial charge in [-0.1, -0.05) is 26.0 Å². The first kappa shape index (κ1) is 13.1. The molecular weight excluding hydrogens is 228 g/mol. The molecule has 0 N–H and O–H groups in total. The van der Waals surface area contributed by atoms with Gasteiger partial charge in [-0.15, -0.1) is 0 Å². The van der Waals surface area contributed by atoms with Gasteiger partial charge in [-0.25, -0.2) is 0 Å². The molecule has 0 aromatic heterocycles. The quantitative estimate of drug-likeness (QED) is 0.769. The van der Waals surface area contributed by atoms with Crippen molar-refractivity contribution in [3.8, 4) is 5.75 Å². The van der Waals surface area contributed by atoms with Gasteiger partial charge in [0, 0.05) is 7.11 Å². The maximum Gasteiger partial charge on any atom is 0.195 e. The van der Waals surface area contributed by atoms with Crippen LogP contribution < -0.4 is 4.74 Å². The van der Waals surface area contributed by atoms with Gasteiger partial charge >= 0.3 is 0 Å². The zero-order valence-electron chi connectivity index (χ0n) is 11.2. The number of fused-ring (bicyclic) bond motifs is 1. The Morgan fingerprint density at radius 1 is 1.39 bits per heavy atom. The molecule has 1 aliphatic heterocycles. The third-order valence-electron chi connectivity index (χ3n) is 3.32. The standard InChI is InChI=1S/C15H20O3/c1-10(2)14(17-3)13(16)12-8-4-6-11-7-5-9-18-15(11)12/h4,6,8,10,14H,5,7,9H2,1-3H3. The molecule has 0 aliphatic carbocycles. The molecule has 3 heteroatoms. The van der Waals surface area contributed by atoms with E-state index in [9.17, 15) is 4.79 Å². The topological polar surface area (TPSA) is 35.5 Å². The van der Waals surface area contributed by atoms with Crippen molar-refractivity contribution in [2.24, 2.45) is 5.92 Å². The number of carbonyl (C=O) groups is 1. The zero-order chi connectivity index (χ0) is 13.1. The Hall–Kier alpha value is -1.35. The summed E-state index contributed by atoms with van der Waals surface area (Å²) in [5.74, 6) is 0.935. The van der Waals surface area contributed by atoms with E-state index in [4.69, 9.17) is 9.47 Å². The van der Waals surface area contributed by atoms with Gasteiger partial charge in [-0.3, -0.25) is 4.79 Å². The predicted octanol–water partition coefficient (Wildman–Crippen LogP) is 2.87. The van der Waals surface area contributed by atoms with Crippen LogP contribution in [0.5, 0.6) is 5.75 Å². The van der Waals surface area contributed by atoms with E-state index in [0.29, 0.717) is 12.2 Å². The summed E-state index contributed by atoms with van der Waals surface area (Å²) in [6.45, 7) is 4.67. The van der Waals surface area contributed by atoms with Crippen LogP contribution in [-0.4, -0.2) is 25.6 Å². The van der Waals surface area contributed by atoms with Gasteiger partial charge in [-0.2, -0.15) is 0 Å². The highest BCUT2D eigenvalue weighted by Gasteiger charge is 2.27. The molecule has 0 bridgehead atoms. The van der Waals surface area contributed by atoms with Crippen molar-refractivity contribution >= 4 is 5.78 Å². The van der Waals surface area contributed by atoms with E-state index in [0.717, 1.165) is 24.2 Å². The van der Waals surface area contributed by atoms with Crippen molar-refractivity contribution < 1.29 is 14.3 Å². The molecule has 0 saturated carbocycles. The molecule has 98 valence electrons. The molecular formula is C15H20O3. The molecule has 0 amide bonds. The Bertz CT molecular complexity index is 437. The summed E-state index contributed by atoms with van der Waals surface area (Å²) in [5.41, 5.74) is 1.79. The molecule has 3 nitrogen and oxygen atoms in total. The molecule has 0 spiro atoms. The number of benzene rings is 1. The fourth-order valence-electron chi connectivity index (χ4n) is 2.42. The minimum absolute atomic E-state index is 0.0197. The zero-order valence-corrected chi connectivity index (χ0v) is 11.2. The number of aryl methyl sites for hydroxylation is 1. The Morgan fingerprint density at radius 3 is 2.83 bits per heavy atom. The van der Waals surface area contributed by atoms with Crippen LogP contribution in [-0.2, 0) is 11.2 Å². The first-order valence-corrected chi connectivity index (χ1v) is 6.47. The summed E-state index contributed by atoms with van der Waals surface area (Å²) in [7, 11) is 1.58. The Labute approximate surface area is 108 Å². The molecule has 1 heterocycles. The Balaban J connectivity index is 2.36. The Kier molecular flexibility index (Phi) is 4.02. The van der Waals surface area contributed by atoms with Crippen molar-refractivity contribution in [2.75, 3.05) is 13.7 Å². The molecule has 0 radical (unpaired) electrons. The molecule has 1 aromatic carbocycles. The molecule has 1 aromatic rings. The summed E-state index contributed by atoms with van der Waals surface area (Å²) in [6.07, 6.45) is 1.60. The second kappa shape index (κ2) is 5.53. The highest BCUT2D eigenvalue weighted by atomic mass is 16.5. The van der Waals surface area contributed by atoms with Crippen LogP contribution in [0.15, 0.2) is 18.2 Å². The number of ketones is 1. The van der Waals surface area contributed by atoms with Crippen molar-refractivity contribution in [2.45, 2.75) is 32.8 Å². The predicted molar refractivity (Wildman–Crippen MR) is 70.2 cm³/mol. The molecule has 0 saturated heterocycles. The number of para-hydroxylation sites is 1. The minimum Gasteiger partial charge on any atom is -0.493 e. The van der Waals surface area contributed by atoms with Gasteiger partial charge in [-0.05, 0) is 30.4 Å². The van der Waals surface area contributed by atoms with E-state index in [-0.39, 0.29) is 11.7 Å². The van der Waals surface area contributed by atoms with Gasteiger partial charge in [0.25, 0.3) is 0 Å². The second-order valence-electron chi connectivity index (χ2n) is 5.01. The monoisotopic (exact) mass is 248 g/mol. The van der Waals surface area contributed by atoms with Crippen LogP contribution in [0.1, 0.15) is 36.2 Å². The van der Waals surface area contributed by atoms with Crippen molar-refractivity contribution in [3.05, 3.63) is 29.3 Å². The number of Topliss-reactive ketones (excluding diaryl/α,β-unsaturated/α-hetero) is 1. The van der Waals surface area contributed by atoms with Crippen LogP contribution in [0.25, 0.3) is 0 Å². The number of methoxy groups -OCH3 is 1. The fourth-order valence-corrected chi connectivity index (χ4v) is 2.42. The van der Waals surface area contributed by atoms with Crippen LogP contribution in [0.2, 0.25) is 0 Å². The first-order valence-electron chi connectivity index (χ1n) is 6.47. The molecule has 2 rings (SSSR count). The van der Waals surface area contributed by atoms with Crippen molar-refractivity contribution in [1.82, 2.24) is 0 Å². The normalized spacial score (nSPS) is 16.0. The molecule has 0 fully saturated rings. The summed E-state index contributed by atoms with van der Waals surface area (Å²) in [4.78, 5) is 12.5. The van der Waals surface area contributed by atoms with Crippen LogP contribution in [0.4, 0.5) is 0 Å². The summed E-state index contributed by atoms with van der Waals surface area (Å²) in [5, 5.41) is 0. The van der Waals surface area contributed by atoms with Gasteiger partial charge in [0.2, 0.25) is 0 Å². The number of rotatable bonds is 4. The summed E-state index contributed by atoms with van der Waals surface area (Å²) < 4.78 is 11.0. The Morgan fingerprint density at radius 2 is 2.17 bits per heavy atom. The second-order valence-corrected chi connectivity index (χ2v) is 5.01. The molecule has 18 heavy (non-hydrogen) atoms. The average Bonchev–Trinajstić information content (AvgIpc) is 2.38. The van der Waals surface area contributed by atoms with E-state index in [2.05, 4.69) is 0 Å². The van der Waals surface area contributed by atoms with E-state index < -0.39 is 6.10 Å². The maximum atomic E-state index is 12.5. The number of hydrogen-bond donors (Lipinski definition) is 0. The van der Waals surface area contributed by atoms with Gasteiger partial charge < -0.3 is 9.47 Å². The highest BCUT2D eigenvalue weighted by molar-refractivity contribution is 6.02. The lowest BCUT2D eigenvalue weighted by molar-refractivity contribution is 0.0454. The average molecular weight is 248 g/mol. The minimum atomic E-state index is -0.401. The molecule has 1 aliphatic rings. The van der Waals surface area contributed by atoms with Crippen molar-refractivity contribution in [3.63, 3.8) is 0 Å². The van der Waals surface area contributed by atoms with E-state index >= 15 is 0 Å². The van der Waals surface area contributed by atoms with Crippen LogP contribution >= 0.6 is 0 Å². The number of ether oxygens (including phenoxy) is 2. The smallest absolute Gasteiger partial charge is 0.195 e. The van der Waals surface area contributed by atoms with E-state index in [1.807, 2.05) is 32.0 Å². The van der Waals surface area contributed by atoms with Gasteiger partial charge in [0.1, 0.15) is 11.9 Å². The van der Waals surface area contributed by atoms with Crippen LogP contribution in [0, 0.1) is 5.92 Å². The summed E-state index contributed by atoms with van der Waals surface area (Å²) in [6, 6.07) is 5.79. The third kappa shape index (κ3) is 2.41. The molecule has 1 unspecified atom stereocenters. The van der Waals surface area contributed by atoms with Crippen LogP contribution in [0.3, 0.4) is 0 Å². The fraction of sp³-hybridized carbons (Fsp3) is 0.533. The number of hydrogen-bond acceptors (Lipinski definition) is 3. The SMILES string of the molecule is COC(C(=O)c1cccc2c1OCCC2)C(C)C. The number of carbonyl (C=O) groups excluding carboxylic acids is 1. The van der Waals surface area contributed by atoms with Crippen molar-refractivity contribution in [1.29, 1.82) is 0 Å². The highest BCUT2D eigenvalue weighted by Crippen LogP contribution is 2.30. The maximum absolute atomic E-state index is 12.5.